The number of rotatable bonds is 3. The molecule has 2 aliphatic rings. The van der Waals surface area contributed by atoms with Gasteiger partial charge in [-0.25, -0.2) is 4.79 Å². The predicted molar refractivity (Wildman–Crippen MR) is 59.4 cm³/mol. The molecule has 0 aromatic rings. The van der Waals surface area contributed by atoms with Crippen molar-refractivity contribution in [2.24, 2.45) is 11.7 Å². The van der Waals surface area contributed by atoms with E-state index in [1.807, 2.05) is 0 Å². The van der Waals surface area contributed by atoms with E-state index in [1.165, 1.54) is 4.90 Å². The predicted octanol–water partition coefficient (Wildman–Crippen LogP) is -1.05. The fraction of sp³-hybridized carbons (Fsp3) is 0.727. The second kappa shape index (κ2) is 4.56. The van der Waals surface area contributed by atoms with Crippen molar-refractivity contribution in [2.75, 3.05) is 19.8 Å². The molecule has 7 nitrogen and oxygen atoms in total. The van der Waals surface area contributed by atoms with Gasteiger partial charge in [0.25, 0.3) is 0 Å². The highest BCUT2D eigenvalue weighted by Crippen LogP contribution is 2.34. The van der Waals surface area contributed by atoms with Crippen LogP contribution in [0.25, 0.3) is 0 Å². The van der Waals surface area contributed by atoms with Crippen molar-refractivity contribution in [3.8, 4) is 0 Å². The summed E-state index contributed by atoms with van der Waals surface area (Å²) in [5.74, 6) is -2.50. The van der Waals surface area contributed by atoms with Crippen LogP contribution in [0.5, 0.6) is 0 Å². The summed E-state index contributed by atoms with van der Waals surface area (Å²) in [5, 5.41) is 9.43. The third kappa shape index (κ3) is 1.94. The zero-order valence-electron chi connectivity index (χ0n) is 9.92. The van der Waals surface area contributed by atoms with Crippen molar-refractivity contribution in [3.63, 3.8) is 0 Å². The van der Waals surface area contributed by atoms with Gasteiger partial charge >= 0.3 is 5.97 Å². The number of nitrogens with zero attached hydrogens (tertiary/aromatic N) is 1. The molecule has 0 saturated carbocycles. The molecule has 1 unspecified atom stereocenters. The van der Waals surface area contributed by atoms with E-state index in [0.717, 1.165) is 0 Å². The summed E-state index contributed by atoms with van der Waals surface area (Å²) in [7, 11) is 0. The van der Waals surface area contributed by atoms with Gasteiger partial charge < -0.3 is 20.5 Å². The number of primary amides is 1. The number of carbonyl (C=O) groups is 3. The first-order valence-corrected chi connectivity index (χ1v) is 5.88. The molecular formula is C11H16N2O5. The zero-order chi connectivity index (χ0) is 13.3. The molecule has 0 aromatic carbocycles. The molecule has 3 N–H and O–H groups in total. The molecule has 2 rings (SSSR count). The molecule has 0 aromatic heterocycles. The number of hydrogen-bond acceptors (Lipinski definition) is 4. The Balaban J connectivity index is 2.24. The summed E-state index contributed by atoms with van der Waals surface area (Å²) in [6.45, 7) is 0.703. The smallest absolute Gasteiger partial charge is 0.329 e. The highest BCUT2D eigenvalue weighted by atomic mass is 16.5. The fourth-order valence-electron chi connectivity index (χ4n) is 2.62. The normalized spacial score (nSPS) is 27.2. The van der Waals surface area contributed by atoms with E-state index in [2.05, 4.69) is 0 Å². The minimum absolute atomic E-state index is 0.00518. The van der Waals surface area contributed by atoms with Crippen LogP contribution in [0.2, 0.25) is 0 Å². The topological polar surface area (TPSA) is 110 Å². The molecule has 0 radical (unpaired) electrons. The van der Waals surface area contributed by atoms with Gasteiger partial charge in [0.2, 0.25) is 11.8 Å². The SMILES string of the molecule is NC(=O)C1CC(=O)N(C2(C(=O)O)CCOCC2)C1. The minimum Gasteiger partial charge on any atom is -0.479 e. The van der Waals surface area contributed by atoms with Gasteiger partial charge in [-0.15, -0.1) is 0 Å². The highest BCUT2D eigenvalue weighted by Gasteiger charge is 2.51. The van der Waals surface area contributed by atoms with Crippen molar-refractivity contribution in [1.29, 1.82) is 0 Å². The van der Waals surface area contributed by atoms with E-state index < -0.39 is 23.3 Å². The monoisotopic (exact) mass is 256 g/mol. The van der Waals surface area contributed by atoms with Crippen LogP contribution < -0.4 is 5.73 Å². The molecule has 18 heavy (non-hydrogen) atoms. The van der Waals surface area contributed by atoms with E-state index in [9.17, 15) is 19.5 Å². The van der Waals surface area contributed by atoms with Crippen LogP contribution in [0.1, 0.15) is 19.3 Å². The van der Waals surface area contributed by atoms with Crippen LogP contribution in [0.15, 0.2) is 0 Å². The van der Waals surface area contributed by atoms with E-state index in [-0.39, 0.29) is 31.7 Å². The first-order valence-electron chi connectivity index (χ1n) is 5.88. The Morgan fingerprint density at radius 1 is 1.39 bits per heavy atom. The summed E-state index contributed by atoms with van der Waals surface area (Å²) < 4.78 is 5.15. The van der Waals surface area contributed by atoms with Crippen LogP contribution in [0.4, 0.5) is 0 Å². The maximum absolute atomic E-state index is 11.9. The minimum atomic E-state index is -1.24. The van der Waals surface area contributed by atoms with Gasteiger partial charge in [0.1, 0.15) is 5.54 Å². The fourth-order valence-corrected chi connectivity index (χ4v) is 2.62. The molecule has 2 aliphatic heterocycles. The number of nitrogens with two attached hydrogens (primary N) is 1. The van der Waals surface area contributed by atoms with Gasteiger partial charge in [0, 0.05) is 39.0 Å². The zero-order valence-corrected chi connectivity index (χ0v) is 9.92. The van der Waals surface area contributed by atoms with Gasteiger partial charge in [0.15, 0.2) is 0 Å². The number of aliphatic carboxylic acids is 1. The van der Waals surface area contributed by atoms with Crippen molar-refractivity contribution in [1.82, 2.24) is 4.90 Å². The average molecular weight is 256 g/mol. The molecule has 7 heteroatoms. The van der Waals surface area contributed by atoms with Crippen LogP contribution in [-0.4, -0.2) is 53.1 Å². The molecule has 0 bridgehead atoms. The van der Waals surface area contributed by atoms with Crippen molar-refractivity contribution in [2.45, 2.75) is 24.8 Å². The Bertz CT molecular complexity index is 389. The number of amides is 2. The summed E-state index contributed by atoms with van der Waals surface area (Å²) >= 11 is 0. The first kappa shape index (κ1) is 12.8. The van der Waals surface area contributed by atoms with Crippen molar-refractivity contribution in [3.05, 3.63) is 0 Å². The lowest BCUT2D eigenvalue weighted by Gasteiger charge is -2.40. The summed E-state index contributed by atoms with van der Waals surface area (Å²) in [6, 6.07) is 0. The van der Waals surface area contributed by atoms with Gasteiger partial charge in [-0.2, -0.15) is 0 Å². The van der Waals surface area contributed by atoms with Crippen LogP contribution in [-0.2, 0) is 19.1 Å². The molecule has 1 atom stereocenters. The Morgan fingerprint density at radius 3 is 2.44 bits per heavy atom. The molecular weight excluding hydrogens is 240 g/mol. The van der Waals surface area contributed by atoms with Crippen molar-refractivity contribution < 1.29 is 24.2 Å². The van der Waals surface area contributed by atoms with Crippen LogP contribution in [0, 0.1) is 5.92 Å². The van der Waals surface area contributed by atoms with E-state index in [0.29, 0.717) is 13.2 Å². The Hall–Kier alpha value is -1.63. The summed E-state index contributed by atoms with van der Waals surface area (Å²) in [6.07, 6.45) is 0.504. The van der Waals surface area contributed by atoms with E-state index >= 15 is 0 Å². The number of carboxylic acids is 1. The lowest BCUT2D eigenvalue weighted by Crippen LogP contribution is -2.58. The summed E-state index contributed by atoms with van der Waals surface area (Å²) in [5.41, 5.74) is 3.94. The van der Waals surface area contributed by atoms with Gasteiger partial charge in [0.05, 0.1) is 5.92 Å². The largest absolute Gasteiger partial charge is 0.479 e. The number of ether oxygens (including phenoxy) is 1. The number of likely N-dealkylation sites (tertiary alicyclic amines) is 1. The molecule has 0 spiro atoms. The molecule has 2 amide bonds. The molecule has 2 fully saturated rings. The van der Waals surface area contributed by atoms with E-state index in [4.69, 9.17) is 10.5 Å². The standard InChI is InChI=1S/C11H16N2O5/c12-9(15)7-5-8(14)13(6-7)11(10(16)17)1-3-18-4-2-11/h7H,1-6H2,(H2,12,15)(H,16,17). The van der Waals surface area contributed by atoms with Gasteiger partial charge in [-0.1, -0.05) is 0 Å². The molecule has 2 saturated heterocycles. The lowest BCUT2D eigenvalue weighted by molar-refractivity contribution is -0.164. The van der Waals surface area contributed by atoms with Gasteiger partial charge in [-0.05, 0) is 0 Å². The first-order chi connectivity index (χ1) is 8.47. The number of carbonyl (C=O) groups excluding carboxylic acids is 2. The Kier molecular flexibility index (Phi) is 3.25. The maximum atomic E-state index is 11.9. The third-order valence-corrected chi connectivity index (χ3v) is 3.76. The third-order valence-electron chi connectivity index (χ3n) is 3.76. The van der Waals surface area contributed by atoms with Crippen molar-refractivity contribution >= 4 is 17.8 Å². The second-order valence-corrected chi connectivity index (χ2v) is 4.76. The van der Waals surface area contributed by atoms with Crippen LogP contribution >= 0.6 is 0 Å². The Labute approximate surface area is 104 Å². The lowest BCUT2D eigenvalue weighted by atomic mass is 9.88. The maximum Gasteiger partial charge on any atom is 0.329 e. The van der Waals surface area contributed by atoms with E-state index in [1.54, 1.807) is 0 Å². The molecule has 100 valence electrons. The molecule has 0 aliphatic carbocycles. The summed E-state index contributed by atoms with van der Waals surface area (Å²) in [4.78, 5) is 35.9. The highest BCUT2D eigenvalue weighted by molar-refractivity contribution is 5.92. The number of hydrogen-bond donors (Lipinski definition) is 2. The second-order valence-electron chi connectivity index (χ2n) is 4.76. The van der Waals surface area contributed by atoms with Crippen LogP contribution in [0.3, 0.4) is 0 Å². The quantitative estimate of drug-likeness (QED) is 0.669. The Morgan fingerprint density at radius 2 is 2.00 bits per heavy atom. The number of carboxylic acid groups (broad SMARTS) is 1. The average Bonchev–Trinajstić information content (AvgIpc) is 2.72. The van der Waals surface area contributed by atoms with Gasteiger partial charge in [-0.3, -0.25) is 9.59 Å². The molecule has 2 heterocycles.